The molecule has 0 saturated carbocycles. The minimum absolute atomic E-state index is 0.405. The van der Waals surface area contributed by atoms with Crippen LogP contribution in [0.5, 0.6) is 0 Å². The van der Waals surface area contributed by atoms with E-state index in [1.165, 1.54) is 5.56 Å². The molecule has 0 saturated heterocycles. The van der Waals surface area contributed by atoms with Crippen LogP contribution in [0.3, 0.4) is 0 Å². The Balaban J connectivity index is 2.63. The van der Waals surface area contributed by atoms with Crippen molar-refractivity contribution < 1.29 is 4.79 Å². The van der Waals surface area contributed by atoms with Gasteiger partial charge in [0.2, 0.25) is 6.29 Å². The summed E-state index contributed by atoms with van der Waals surface area (Å²) >= 11 is 0. The topological polar surface area (TPSA) is 17.1 Å². The summed E-state index contributed by atoms with van der Waals surface area (Å²) in [6.45, 7) is 4.40. The van der Waals surface area contributed by atoms with Crippen molar-refractivity contribution in [1.29, 1.82) is 0 Å². The Morgan fingerprint density at radius 3 is 2.15 bits per heavy atom. The third kappa shape index (κ3) is 3.41. The van der Waals surface area contributed by atoms with E-state index in [9.17, 15) is 4.79 Å². The van der Waals surface area contributed by atoms with Gasteiger partial charge in [-0.15, -0.1) is 0 Å². The molecule has 13 heavy (non-hydrogen) atoms. The van der Waals surface area contributed by atoms with Crippen molar-refractivity contribution in [2.45, 2.75) is 26.7 Å². The Morgan fingerprint density at radius 2 is 1.69 bits per heavy atom. The molecule has 1 radical (unpaired) electrons. The van der Waals surface area contributed by atoms with Crippen molar-refractivity contribution in [3.63, 3.8) is 0 Å². The molecule has 1 aromatic rings. The zero-order valence-corrected chi connectivity index (χ0v) is 8.21. The van der Waals surface area contributed by atoms with Crippen molar-refractivity contribution in [3.05, 3.63) is 35.4 Å². The van der Waals surface area contributed by atoms with E-state index < -0.39 is 0 Å². The maximum absolute atomic E-state index is 10.1. The van der Waals surface area contributed by atoms with Crippen LogP contribution in [-0.2, 0) is 17.6 Å². The van der Waals surface area contributed by atoms with Crippen LogP contribution in [0, 0.1) is 5.92 Å². The molecule has 0 bridgehead atoms. The molecule has 0 fully saturated rings. The highest BCUT2D eigenvalue weighted by molar-refractivity contribution is 5.55. The van der Waals surface area contributed by atoms with Gasteiger partial charge < -0.3 is 0 Å². The largest absolute Gasteiger partial charge is 0.291 e. The molecule has 0 N–H and O–H groups in total. The molecule has 0 aliphatic heterocycles. The van der Waals surface area contributed by atoms with E-state index in [-0.39, 0.29) is 0 Å². The number of hydrogen-bond donors (Lipinski definition) is 0. The molecule has 1 aromatic carbocycles. The van der Waals surface area contributed by atoms with Gasteiger partial charge >= 0.3 is 0 Å². The van der Waals surface area contributed by atoms with Crippen LogP contribution in [0.2, 0.25) is 0 Å². The first-order valence-corrected chi connectivity index (χ1v) is 4.65. The lowest BCUT2D eigenvalue weighted by Crippen LogP contribution is -1.94. The van der Waals surface area contributed by atoms with Gasteiger partial charge in [-0.2, -0.15) is 0 Å². The van der Waals surface area contributed by atoms with Gasteiger partial charge in [0.25, 0.3) is 0 Å². The predicted octanol–water partition coefficient (Wildman–Crippen LogP) is 2.54. The van der Waals surface area contributed by atoms with Crippen LogP contribution in [0.1, 0.15) is 25.0 Å². The molecule has 1 rings (SSSR count). The fourth-order valence-electron chi connectivity index (χ4n) is 1.35. The summed E-state index contributed by atoms with van der Waals surface area (Å²) in [4.78, 5) is 10.1. The van der Waals surface area contributed by atoms with E-state index in [1.54, 1.807) is 0 Å². The van der Waals surface area contributed by atoms with Gasteiger partial charge in [0, 0.05) is 6.42 Å². The summed E-state index contributed by atoms with van der Waals surface area (Å²) < 4.78 is 0. The van der Waals surface area contributed by atoms with Crippen molar-refractivity contribution in [2.75, 3.05) is 0 Å². The lowest BCUT2D eigenvalue weighted by Gasteiger charge is -2.04. The minimum atomic E-state index is 0.405. The summed E-state index contributed by atoms with van der Waals surface area (Å²) in [7, 11) is 0. The molecule has 0 spiro atoms. The fraction of sp³-hybridized carbons (Fsp3) is 0.417. The van der Waals surface area contributed by atoms with Gasteiger partial charge in [0.15, 0.2) is 0 Å². The summed E-state index contributed by atoms with van der Waals surface area (Å²) in [5, 5.41) is 0. The Hall–Kier alpha value is -1.11. The van der Waals surface area contributed by atoms with Gasteiger partial charge in [-0.25, -0.2) is 0 Å². The second-order valence-electron chi connectivity index (χ2n) is 3.74. The van der Waals surface area contributed by atoms with Crippen LogP contribution in [0.25, 0.3) is 0 Å². The van der Waals surface area contributed by atoms with Crippen LogP contribution < -0.4 is 0 Å². The lowest BCUT2D eigenvalue weighted by atomic mass is 10.0. The van der Waals surface area contributed by atoms with E-state index in [1.807, 2.05) is 18.4 Å². The zero-order valence-electron chi connectivity index (χ0n) is 8.21. The van der Waals surface area contributed by atoms with Crippen LogP contribution in [0.15, 0.2) is 24.3 Å². The van der Waals surface area contributed by atoms with E-state index in [2.05, 4.69) is 26.0 Å². The maximum Gasteiger partial charge on any atom is 0.203 e. The van der Waals surface area contributed by atoms with E-state index in [0.717, 1.165) is 12.0 Å². The highest BCUT2D eigenvalue weighted by Gasteiger charge is 1.97. The first kappa shape index (κ1) is 9.97. The fourth-order valence-corrected chi connectivity index (χ4v) is 1.35. The first-order chi connectivity index (χ1) is 6.22. The van der Waals surface area contributed by atoms with Gasteiger partial charge in [0.1, 0.15) is 0 Å². The predicted molar refractivity (Wildman–Crippen MR) is 54.4 cm³/mol. The molecule has 69 valence electrons. The van der Waals surface area contributed by atoms with Gasteiger partial charge in [-0.05, 0) is 23.5 Å². The highest BCUT2D eigenvalue weighted by atomic mass is 16.1. The monoisotopic (exact) mass is 175 g/mol. The van der Waals surface area contributed by atoms with E-state index >= 15 is 0 Å². The Morgan fingerprint density at radius 1 is 1.15 bits per heavy atom. The Labute approximate surface area is 79.8 Å². The Bertz CT molecular complexity index is 259. The van der Waals surface area contributed by atoms with Gasteiger partial charge in [-0.3, -0.25) is 4.79 Å². The second kappa shape index (κ2) is 4.80. The third-order valence-corrected chi connectivity index (χ3v) is 1.94. The summed E-state index contributed by atoms with van der Waals surface area (Å²) in [6.07, 6.45) is 3.40. The second-order valence-corrected chi connectivity index (χ2v) is 3.74. The van der Waals surface area contributed by atoms with Crippen molar-refractivity contribution in [2.24, 2.45) is 5.92 Å². The van der Waals surface area contributed by atoms with Crippen LogP contribution in [-0.4, -0.2) is 6.29 Å². The molecule has 0 aliphatic rings. The molecular weight excluding hydrogens is 160 g/mol. The normalized spacial score (nSPS) is 10.4. The van der Waals surface area contributed by atoms with E-state index in [0.29, 0.717) is 12.3 Å². The number of benzene rings is 1. The van der Waals surface area contributed by atoms with Crippen molar-refractivity contribution in [3.8, 4) is 0 Å². The standard InChI is InChI=1S/C12H15O/c1-10(2)9-12-5-3-11(4-6-12)7-8-13/h3-6,10H,7,9H2,1-2H3. The van der Waals surface area contributed by atoms with Gasteiger partial charge in [0.05, 0.1) is 0 Å². The molecule has 0 aromatic heterocycles. The molecule has 0 heterocycles. The number of rotatable bonds is 4. The van der Waals surface area contributed by atoms with Crippen LogP contribution >= 0.6 is 0 Å². The van der Waals surface area contributed by atoms with Crippen molar-refractivity contribution >= 4 is 6.29 Å². The minimum Gasteiger partial charge on any atom is -0.291 e. The SMILES string of the molecule is CC(C)Cc1ccc(C[C]=O)cc1. The average molecular weight is 175 g/mol. The molecule has 0 unspecified atom stereocenters. The molecule has 0 aliphatic carbocycles. The summed E-state index contributed by atoms with van der Waals surface area (Å²) in [5.74, 6) is 0.684. The van der Waals surface area contributed by atoms with Crippen molar-refractivity contribution in [1.82, 2.24) is 0 Å². The highest BCUT2D eigenvalue weighted by Crippen LogP contribution is 2.09. The smallest absolute Gasteiger partial charge is 0.203 e. The van der Waals surface area contributed by atoms with Gasteiger partial charge in [-0.1, -0.05) is 38.1 Å². The Kier molecular flexibility index (Phi) is 3.69. The molecule has 0 atom stereocenters. The molecule has 0 amide bonds. The first-order valence-electron chi connectivity index (χ1n) is 4.65. The zero-order chi connectivity index (χ0) is 9.68. The quantitative estimate of drug-likeness (QED) is 0.687. The van der Waals surface area contributed by atoms with Crippen LogP contribution in [0.4, 0.5) is 0 Å². The number of hydrogen-bond acceptors (Lipinski definition) is 1. The molecular formula is C12H15O. The number of carbonyl (C=O) groups excluding carboxylic acids is 1. The average Bonchev–Trinajstić information content (AvgIpc) is 2.08. The third-order valence-electron chi connectivity index (χ3n) is 1.94. The molecule has 1 heteroatoms. The summed E-state index contributed by atoms with van der Waals surface area (Å²) in [5.41, 5.74) is 2.38. The summed E-state index contributed by atoms with van der Waals surface area (Å²) in [6, 6.07) is 8.19. The molecule has 1 nitrogen and oxygen atoms in total. The lowest BCUT2D eigenvalue weighted by molar-refractivity contribution is 0.555. The maximum atomic E-state index is 10.1. The van der Waals surface area contributed by atoms with E-state index in [4.69, 9.17) is 0 Å².